The number of carbonyl (C=O) groups excluding carboxylic acids is 1. The second kappa shape index (κ2) is 7.55. The number of methoxy groups -OCH3 is 1. The number of nitrogens with zero attached hydrogens (tertiary/aromatic N) is 2. The number of carbonyl (C=O) groups is 1. The first-order valence-electron chi connectivity index (χ1n) is 9.98. The average molecular weight is 421 g/mol. The van der Waals surface area contributed by atoms with Crippen LogP contribution in [0.4, 0.5) is 10.1 Å². The number of pyridine rings is 1. The van der Waals surface area contributed by atoms with Gasteiger partial charge in [-0.2, -0.15) is 0 Å². The molecule has 2 aliphatic rings. The molecular weight excluding hydrogens is 395 g/mol. The molecule has 29 heavy (non-hydrogen) atoms. The van der Waals surface area contributed by atoms with Crippen LogP contribution in [0.3, 0.4) is 0 Å². The molecule has 8 heteroatoms. The van der Waals surface area contributed by atoms with Gasteiger partial charge >= 0.3 is 5.97 Å². The Morgan fingerprint density at radius 1 is 1.34 bits per heavy atom. The number of thiol groups is 1. The summed E-state index contributed by atoms with van der Waals surface area (Å²) in [6.45, 7) is 5.38. The van der Waals surface area contributed by atoms with E-state index in [-0.39, 0.29) is 28.6 Å². The summed E-state index contributed by atoms with van der Waals surface area (Å²) in [5, 5.41) is 0.359. The number of rotatable bonds is 5. The molecule has 1 aliphatic heterocycles. The van der Waals surface area contributed by atoms with Gasteiger partial charge in [-0.15, -0.1) is 12.6 Å². The Hall–Kier alpha value is -2.22. The summed E-state index contributed by atoms with van der Waals surface area (Å²) in [4.78, 5) is 27.6. The molecule has 2 heterocycles. The molecule has 0 radical (unpaired) electrons. The van der Waals surface area contributed by atoms with Gasteiger partial charge in [0, 0.05) is 19.1 Å². The number of aromatic nitrogens is 1. The van der Waals surface area contributed by atoms with Crippen LogP contribution in [0, 0.1) is 11.7 Å². The van der Waals surface area contributed by atoms with Crippen LogP contribution >= 0.6 is 12.6 Å². The fourth-order valence-corrected chi connectivity index (χ4v) is 4.64. The van der Waals surface area contributed by atoms with Crippen LogP contribution in [0.15, 0.2) is 15.9 Å². The van der Waals surface area contributed by atoms with Gasteiger partial charge in [0.2, 0.25) is 5.43 Å². The second-order valence-corrected chi connectivity index (χ2v) is 8.25. The minimum atomic E-state index is -0.740. The zero-order valence-electron chi connectivity index (χ0n) is 16.8. The van der Waals surface area contributed by atoms with Crippen molar-refractivity contribution < 1.29 is 18.7 Å². The fourth-order valence-electron chi connectivity index (χ4n) is 4.18. The summed E-state index contributed by atoms with van der Waals surface area (Å²) in [5.74, 6) is -0.490. The van der Waals surface area contributed by atoms with Crippen molar-refractivity contribution in [1.82, 2.24) is 4.57 Å². The van der Waals surface area contributed by atoms with Crippen LogP contribution in [-0.2, 0) is 4.74 Å². The molecular formula is C21H25FN2O4S. The summed E-state index contributed by atoms with van der Waals surface area (Å²) in [5.41, 5.74) is 0.126. The van der Waals surface area contributed by atoms with Gasteiger partial charge in [-0.3, -0.25) is 4.79 Å². The van der Waals surface area contributed by atoms with Crippen molar-refractivity contribution >= 4 is 35.2 Å². The molecule has 1 atom stereocenters. The SMILES string of the molecule is CCOC(=O)c1c(S)n(C2CC2)c2c(OC)c(N3CC[C@H](C)C3)c(F)cc2c1=O. The average Bonchev–Trinajstić information content (AvgIpc) is 3.42. The molecule has 1 saturated heterocycles. The smallest absolute Gasteiger partial charge is 0.344 e. The van der Waals surface area contributed by atoms with E-state index in [4.69, 9.17) is 9.47 Å². The van der Waals surface area contributed by atoms with Gasteiger partial charge in [0.25, 0.3) is 0 Å². The number of fused-ring (bicyclic) bond motifs is 1. The van der Waals surface area contributed by atoms with Crippen LogP contribution < -0.4 is 15.1 Å². The highest BCUT2D eigenvalue weighted by Crippen LogP contribution is 2.46. The maximum absolute atomic E-state index is 15.3. The maximum Gasteiger partial charge on any atom is 0.344 e. The summed E-state index contributed by atoms with van der Waals surface area (Å²) >= 11 is 4.54. The molecule has 0 spiro atoms. The Bertz CT molecular complexity index is 1050. The van der Waals surface area contributed by atoms with Crippen LogP contribution in [0.25, 0.3) is 10.9 Å². The van der Waals surface area contributed by atoms with Gasteiger partial charge in [-0.1, -0.05) is 6.92 Å². The highest BCUT2D eigenvalue weighted by Gasteiger charge is 2.35. The first-order chi connectivity index (χ1) is 13.9. The van der Waals surface area contributed by atoms with Crippen LogP contribution in [-0.4, -0.2) is 37.3 Å². The molecule has 0 N–H and O–H groups in total. The minimum Gasteiger partial charge on any atom is -0.492 e. The van der Waals surface area contributed by atoms with E-state index in [0.29, 0.717) is 22.9 Å². The lowest BCUT2D eigenvalue weighted by Crippen LogP contribution is -2.25. The monoisotopic (exact) mass is 420 g/mol. The predicted octanol–water partition coefficient (Wildman–Crippen LogP) is 3.80. The number of esters is 1. The minimum absolute atomic E-state index is 0.0866. The molecule has 1 aliphatic carbocycles. The Kier molecular flexibility index (Phi) is 5.23. The zero-order chi connectivity index (χ0) is 20.9. The highest BCUT2D eigenvalue weighted by atomic mass is 32.1. The Balaban J connectivity index is 2.06. The third-order valence-corrected chi connectivity index (χ3v) is 6.12. The third kappa shape index (κ3) is 3.27. The summed E-state index contributed by atoms with van der Waals surface area (Å²) in [6, 6.07) is 1.32. The lowest BCUT2D eigenvalue weighted by Gasteiger charge is -2.25. The molecule has 1 saturated carbocycles. The van der Waals surface area contributed by atoms with E-state index >= 15 is 4.39 Å². The quantitative estimate of drug-likeness (QED) is 0.589. The van der Waals surface area contributed by atoms with Crippen molar-refractivity contribution in [3.8, 4) is 5.75 Å². The molecule has 0 unspecified atom stereocenters. The van der Waals surface area contributed by atoms with E-state index in [0.717, 1.165) is 32.4 Å². The van der Waals surface area contributed by atoms with Gasteiger partial charge in [-0.05, 0) is 38.2 Å². The molecule has 0 amide bonds. The Labute approximate surface area is 174 Å². The van der Waals surface area contributed by atoms with E-state index in [9.17, 15) is 9.59 Å². The lowest BCUT2D eigenvalue weighted by molar-refractivity contribution is 0.0519. The van der Waals surface area contributed by atoms with E-state index < -0.39 is 17.2 Å². The number of ether oxygens (including phenoxy) is 2. The van der Waals surface area contributed by atoms with E-state index in [1.54, 1.807) is 6.92 Å². The van der Waals surface area contributed by atoms with Crippen molar-refractivity contribution in [2.75, 3.05) is 31.7 Å². The Morgan fingerprint density at radius 3 is 2.62 bits per heavy atom. The first-order valence-corrected chi connectivity index (χ1v) is 10.4. The Morgan fingerprint density at radius 2 is 2.07 bits per heavy atom. The molecule has 6 nitrogen and oxygen atoms in total. The normalized spacial score (nSPS) is 19.1. The van der Waals surface area contributed by atoms with Crippen molar-refractivity contribution in [1.29, 1.82) is 0 Å². The fraction of sp³-hybridized carbons (Fsp3) is 0.524. The molecule has 2 fully saturated rings. The maximum atomic E-state index is 15.3. The van der Waals surface area contributed by atoms with Gasteiger partial charge in [0.1, 0.15) is 11.3 Å². The number of benzene rings is 1. The number of hydrogen-bond donors (Lipinski definition) is 1. The van der Waals surface area contributed by atoms with Crippen LogP contribution in [0.5, 0.6) is 5.75 Å². The lowest BCUT2D eigenvalue weighted by atomic mass is 10.1. The van der Waals surface area contributed by atoms with E-state index in [1.165, 1.54) is 13.2 Å². The highest BCUT2D eigenvalue weighted by molar-refractivity contribution is 7.80. The number of halogens is 1. The van der Waals surface area contributed by atoms with Crippen molar-refractivity contribution in [3.05, 3.63) is 27.7 Å². The van der Waals surface area contributed by atoms with Gasteiger partial charge in [-0.25, -0.2) is 9.18 Å². The molecule has 2 aromatic rings. The summed E-state index contributed by atoms with van der Waals surface area (Å²) < 4.78 is 27.8. The molecule has 156 valence electrons. The van der Waals surface area contributed by atoms with Crippen LogP contribution in [0.2, 0.25) is 0 Å². The van der Waals surface area contributed by atoms with E-state index in [2.05, 4.69) is 19.6 Å². The first kappa shape index (κ1) is 20.1. The summed E-state index contributed by atoms with van der Waals surface area (Å²) in [6.07, 6.45) is 2.75. The number of hydrogen-bond acceptors (Lipinski definition) is 6. The predicted molar refractivity (Wildman–Crippen MR) is 112 cm³/mol. The van der Waals surface area contributed by atoms with Gasteiger partial charge in [0.15, 0.2) is 11.6 Å². The van der Waals surface area contributed by atoms with E-state index in [1.807, 2.05) is 9.47 Å². The standard InChI is InChI=1S/C21H25FN2O4S/c1-4-28-21(26)15-18(25)13-9-14(22)17(23-8-7-11(2)10-23)19(27-3)16(13)24(20(15)29)12-5-6-12/h9,11-12,29H,4-8,10H2,1-3H3/t11-/m0/s1. The van der Waals surface area contributed by atoms with Gasteiger partial charge < -0.3 is 18.9 Å². The topological polar surface area (TPSA) is 60.8 Å². The van der Waals surface area contributed by atoms with Crippen molar-refractivity contribution in [3.63, 3.8) is 0 Å². The zero-order valence-corrected chi connectivity index (χ0v) is 17.7. The number of anilines is 1. The van der Waals surface area contributed by atoms with Crippen molar-refractivity contribution in [2.45, 2.75) is 44.2 Å². The summed E-state index contributed by atoms with van der Waals surface area (Å²) in [7, 11) is 1.48. The van der Waals surface area contributed by atoms with Gasteiger partial charge in [0.05, 0.1) is 29.6 Å². The molecule has 4 rings (SSSR count). The molecule has 1 aromatic heterocycles. The van der Waals surface area contributed by atoms with Crippen LogP contribution in [0.1, 0.15) is 49.5 Å². The third-order valence-electron chi connectivity index (χ3n) is 5.68. The molecule has 1 aromatic carbocycles. The largest absolute Gasteiger partial charge is 0.492 e. The molecule has 0 bridgehead atoms. The second-order valence-electron chi connectivity index (χ2n) is 7.83. The van der Waals surface area contributed by atoms with Crippen molar-refractivity contribution in [2.24, 2.45) is 5.92 Å².